The number of hydrogen-bond acceptors (Lipinski definition) is 4. The van der Waals surface area contributed by atoms with E-state index in [1.807, 2.05) is 0 Å². The van der Waals surface area contributed by atoms with Crippen molar-refractivity contribution in [1.82, 2.24) is 0 Å². The van der Waals surface area contributed by atoms with E-state index in [1.165, 1.54) is 0 Å². The largest absolute Gasteiger partial charge is 0.504 e. The van der Waals surface area contributed by atoms with Gasteiger partial charge in [-0.1, -0.05) is 34.6 Å². The Bertz CT molecular complexity index is 1040. The van der Waals surface area contributed by atoms with Crippen molar-refractivity contribution in [2.45, 2.75) is 91.9 Å². The highest BCUT2D eigenvalue weighted by Crippen LogP contribution is 2.74. The molecule has 1 aromatic carbocycles. The maximum absolute atomic E-state index is 13.5. The highest BCUT2D eigenvalue weighted by molar-refractivity contribution is 6.02. The average molecular weight is 439 g/mol. The molecule has 0 saturated heterocycles. The fourth-order valence-electron chi connectivity index (χ4n) is 9.07. The average Bonchev–Trinajstić information content (AvgIpc) is 2.72. The normalized spacial score (nSPS) is 45.5. The van der Waals surface area contributed by atoms with E-state index in [2.05, 4.69) is 34.6 Å². The van der Waals surface area contributed by atoms with Crippen molar-refractivity contribution in [3.63, 3.8) is 0 Å². The number of carbonyl (C=O) groups excluding carboxylic acids is 2. The number of phenols is 2. The van der Waals surface area contributed by atoms with Crippen LogP contribution in [0.2, 0.25) is 0 Å². The van der Waals surface area contributed by atoms with Gasteiger partial charge in [0.1, 0.15) is 5.78 Å². The molecule has 4 heteroatoms. The van der Waals surface area contributed by atoms with Gasteiger partial charge in [0.2, 0.25) is 0 Å². The Hall–Kier alpha value is -1.84. The fourth-order valence-corrected chi connectivity index (χ4v) is 9.07. The Labute approximate surface area is 191 Å². The summed E-state index contributed by atoms with van der Waals surface area (Å²) in [5, 5.41) is 20.8. The van der Waals surface area contributed by atoms with Gasteiger partial charge in [-0.2, -0.15) is 0 Å². The second-order valence-electron chi connectivity index (χ2n) is 12.7. The Morgan fingerprint density at radius 2 is 1.56 bits per heavy atom. The zero-order chi connectivity index (χ0) is 23.4. The summed E-state index contributed by atoms with van der Waals surface area (Å²) in [6.45, 7) is 13.3. The van der Waals surface area contributed by atoms with Gasteiger partial charge < -0.3 is 10.2 Å². The highest BCUT2D eigenvalue weighted by atomic mass is 16.3. The third-order valence-electron chi connectivity index (χ3n) is 11.4. The van der Waals surface area contributed by atoms with Crippen LogP contribution in [0.3, 0.4) is 0 Å². The molecule has 0 amide bonds. The molecule has 5 rings (SSSR count). The smallest absolute Gasteiger partial charge is 0.163 e. The molecule has 0 spiro atoms. The first-order valence-corrected chi connectivity index (χ1v) is 12.4. The van der Waals surface area contributed by atoms with Crippen LogP contribution < -0.4 is 0 Å². The second-order valence-corrected chi connectivity index (χ2v) is 12.7. The number of fused-ring (bicyclic) bond motifs is 7. The molecule has 4 aliphatic carbocycles. The molecule has 0 bridgehead atoms. The van der Waals surface area contributed by atoms with E-state index in [9.17, 15) is 19.8 Å². The second kappa shape index (κ2) is 6.39. The van der Waals surface area contributed by atoms with E-state index in [0.717, 1.165) is 37.7 Å². The lowest BCUT2D eigenvalue weighted by molar-refractivity contribution is -0.200. The van der Waals surface area contributed by atoms with Gasteiger partial charge in [0.05, 0.1) is 0 Å². The monoisotopic (exact) mass is 438 g/mol. The van der Waals surface area contributed by atoms with Gasteiger partial charge >= 0.3 is 0 Å². The minimum Gasteiger partial charge on any atom is -0.504 e. The van der Waals surface area contributed by atoms with E-state index in [-0.39, 0.29) is 50.8 Å². The van der Waals surface area contributed by atoms with E-state index < -0.39 is 0 Å². The van der Waals surface area contributed by atoms with Crippen molar-refractivity contribution in [2.24, 2.45) is 34.0 Å². The van der Waals surface area contributed by atoms with E-state index in [1.54, 1.807) is 13.0 Å². The number of ketones is 2. The quantitative estimate of drug-likeness (QED) is 0.481. The van der Waals surface area contributed by atoms with Crippen LogP contribution in [0.4, 0.5) is 0 Å². The van der Waals surface area contributed by atoms with Crippen LogP contribution in [0.5, 0.6) is 11.5 Å². The van der Waals surface area contributed by atoms with Gasteiger partial charge in [0, 0.05) is 29.9 Å². The molecule has 0 unspecified atom stereocenters. The number of hydrogen-bond donors (Lipinski definition) is 2. The molecule has 4 aliphatic rings. The molecule has 3 fully saturated rings. The van der Waals surface area contributed by atoms with Gasteiger partial charge in [-0.25, -0.2) is 0 Å². The molecular formula is C28H38O4. The molecule has 32 heavy (non-hydrogen) atoms. The van der Waals surface area contributed by atoms with E-state index >= 15 is 0 Å². The van der Waals surface area contributed by atoms with Crippen molar-refractivity contribution in [1.29, 1.82) is 0 Å². The van der Waals surface area contributed by atoms with Gasteiger partial charge in [-0.3, -0.25) is 9.59 Å². The van der Waals surface area contributed by atoms with Gasteiger partial charge in [-0.15, -0.1) is 0 Å². The molecule has 174 valence electrons. The number of benzene rings is 1. The molecule has 0 radical (unpaired) electrons. The van der Waals surface area contributed by atoms with Crippen LogP contribution >= 0.6 is 0 Å². The molecule has 7 atom stereocenters. The Morgan fingerprint density at radius 3 is 2.25 bits per heavy atom. The third-order valence-corrected chi connectivity index (χ3v) is 11.4. The molecule has 4 nitrogen and oxygen atoms in total. The van der Waals surface area contributed by atoms with Crippen molar-refractivity contribution in [3.05, 3.63) is 22.8 Å². The van der Waals surface area contributed by atoms with Crippen molar-refractivity contribution >= 4 is 11.6 Å². The Morgan fingerprint density at radius 1 is 0.938 bits per heavy atom. The summed E-state index contributed by atoms with van der Waals surface area (Å²) in [6, 6.07) is 1.67. The molecule has 1 aromatic rings. The summed E-state index contributed by atoms with van der Waals surface area (Å²) in [7, 11) is 0. The molecule has 3 saturated carbocycles. The minimum absolute atomic E-state index is 0.0148. The molecule has 2 N–H and O–H groups in total. The van der Waals surface area contributed by atoms with Crippen molar-refractivity contribution < 1.29 is 19.8 Å². The van der Waals surface area contributed by atoms with Crippen molar-refractivity contribution in [3.8, 4) is 11.5 Å². The predicted octanol–water partition coefficient (Wildman–Crippen LogP) is 6.09. The summed E-state index contributed by atoms with van der Waals surface area (Å²) < 4.78 is 0. The first kappa shape index (κ1) is 22.0. The summed E-state index contributed by atoms with van der Waals surface area (Å²) in [6.07, 6.45) is 6.25. The first-order valence-electron chi connectivity index (χ1n) is 12.4. The number of aromatic hydroxyl groups is 2. The van der Waals surface area contributed by atoms with Crippen LogP contribution in [0, 0.1) is 40.9 Å². The zero-order valence-corrected chi connectivity index (χ0v) is 20.5. The fraction of sp³-hybridized carbons (Fsp3) is 0.714. The zero-order valence-electron chi connectivity index (χ0n) is 20.5. The summed E-state index contributed by atoms with van der Waals surface area (Å²) in [4.78, 5) is 26.2. The predicted molar refractivity (Wildman–Crippen MR) is 124 cm³/mol. The standard InChI is InChI=1S/C28H38O4/c1-15-11-21-25(3,14-20(15)31)7-9-28(6)22-13-18(29)23-16(2)24(32)19(30)12-17(23)26(22,4)8-10-27(21,28)5/h12,15,21-22,30,32H,7-11,13-14H2,1-6H3/t15-,21-,22-,25+,26+,27+,28-/m1/s1. The number of rotatable bonds is 0. The maximum Gasteiger partial charge on any atom is 0.163 e. The summed E-state index contributed by atoms with van der Waals surface area (Å²) in [5.41, 5.74) is 1.97. The lowest BCUT2D eigenvalue weighted by Gasteiger charge is -2.71. The van der Waals surface area contributed by atoms with Crippen LogP contribution in [0.15, 0.2) is 6.07 Å². The van der Waals surface area contributed by atoms with Crippen LogP contribution in [-0.2, 0) is 10.2 Å². The third kappa shape index (κ3) is 2.45. The SMILES string of the molecule is Cc1c(O)c(O)cc2c1C(=O)C[C@@H]1[C@@]2(C)CC[C@@]2(C)[C@@H]3C[C@@H](C)C(=O)C[C@]3(C)CC[C@]12C. The van der Waals surface area contributed by atoms with E-state index in [0.29, 0.717) is 35.7 Å². The van der Waals surface area contributed by atoms with Crippen LogP contribution in [0.25, 0.3) is 0 Å². The summed E-state index contributed by atoms with van der Waals surface area (Å²) >= 11 is 0. The molecule has 0 aromatic heterocycles. The van der Waals surface area contributed by atoms with Gasteiger partial charge in [0.25, 0.3) is 0 Å². The lowest BCUT2D eigenvalue weighted by Crippen LogP contribution is -2.65. The van der Waals surface area contributed by atoms with Crippen LogP contribution in [-0.4, -0.2) is 21.8 Å². The highest BCUT2D eigenvalue weighted by Gasteiger charge is 2.68. The number of phenolic OH excluding ortho intramolecular Hbond substituents is 2. The van der Waals surface area contributed by atoms with Crippen molar-refractivity contribution in [2.75, 3.05) is 0 Å². The first-order chi connectivity index (χ1) is 14.8. The molecule has 0 heterocycles. The number of Topliss-reactive ketones (excluding diaryl/α,β-unsaturated/α-hetero) is 2. The molecule has 0 aliphatic heterocycles. The minimum atomic E-state index is -0.211. The molecular weight excluding hydrogens is 400 g/mol. The topological polar surface area (TPSA) is 74.6 Å². The Kier molecular flexibility index (Phi) is 4.39. The number of carbonyl (C=O) groups is 2. The van der Waals surface area contributed by atoms with Crippen LogP contribution in [0.1, 0.15) is 101 Å². The van der Waals surface area contributed by atoms with Gasteiger partial charge in [0.15, 0.2) is 17.3 Å². The van der Waals surface area contributed by atoms with E-state index in [4.69, 9.17) is 0 Å². The Balaban J connectivity index is 1.65. The lowest BCUT2D eigenvalue weighted by atomic mass is 9.33. The van der Waals surface area contributed by atoms with Gasteiger partial charge in [-0.05, 0) is 84.2 Å². The summed E-state index contributed by atoms with van der Waals surface area (Å²) in [5.74, 6) is 1.03. The maximum atomic E-state index is 13.5.